The van der Waals surface area contributed by atoms with Gasteiger partial charge in [-0.1, -0.05) is 11.6 Å². The minimum absolute atomic E-state index is 0.0870. The minimum atomic E-state index is -1.03. The van der Waals surface area contributed by atoms with Gasteiger partial charge in [0.25, 0.3) is 0 Å². The highest BCUT2D eigenvalue weighted by Gasteiger charge is 2.15. The molecule has 1 fully saturated rings. The number of pyridine rings is 1. The van der Waals surface area contributed by atoms with E-state index in [0.717, 1.165) is 26.2 Å². The number of hydrogen-bond donors (Lipinski definition) is 2. The number of likely N-dealkylation sites (N-methyl/N-ethyl adjacent to an activating group) is 1. The highest BCUT2D eigenvalue weighted by Crippen LogP contribution is 2.20. The third-order valence-corrected chi connectivity index (χ3v) is 3.14. The summed E-state index contributed by atoms with van der Waals surface area (Å²) in [5, 5.41) is 11.2. The van der Waals surface area contributed by atoms with Gasteiger partial charge in [0.1, 0.15) is 0 Å². The van der Waals surface area contributed by atoms with E-state index < -0.39 is 5.97 Å². The van der Waals surface area contributed by atoms with Crippen molar-refractivity contribution in [1.29, 1.82) is 0 Å². The summed E-state index contributed by atoms with van der Waals surface area (Å²) < 4.78 is 0. The molecule has 0 bridgehead atoms. The Kier molecular flexibility index (Phi) is 4.00. The minimum Gasteiger partial charge on any atom is -0.478 e. The third-order valence-electron chi connectivity index (χ3n) is 2.86. The van der Waals surface area contributed by atoms with Crippen molar-refractivity contribution in [2.45, 2.75) is 0 Å². The number of carboxylic acids is 1. The predicted octanol–water partition coefficient (Wildman–Crippen LogP) is 1.01. The molecule has 1 aromatic rings. The van der Waals surface area contributed by atoms with E-state index >= 15 is 0 Å². The van der Waals surface area contributed by atoms with Crippen LogP contribution in [0.1, 0.15) is 10.4 Å². The highest BCUT2D eigenvalue weighted by molar-refractivity contribution is 6.33. The quantitative estimate of drug-likeness (QED) is 0.854. The molecule has 0 aromatic carbocycles. The molecule has 1 aliphatic rings. The Bertz CT molecular complexity index is 447. The lowest BCUT2D eigenvalue weighted by atomic mass is 10.3. The number of hydrogen-bond acceptors (Lipinski definition) is 5. The zero-order valence-electron chi connectivity index (χ0n) is 10.1. The fourth-order valence-corrected chi connectivity index (χ4v) is 1.91. The first-order chi connectivity index (χ1) is 8.56. The Morgan fingerprint density at radius 1 is 1.44 bits per heavy atom. The van der Waals surface area contributed by atoms with Crippen LogP contribution >= 0.6 is 11.6 Å². The van der Waals surface area contributed by atoms with E-state index in [1.54, 1.807) is 0 Å². The summed E-state index contributed by atoms with van der Waals surface area (Å²) in [6.45, 7) is 3.68. The van der Waals surface area contributed by atoms with E-state index in [2.05, 4.69) is 22.4 Å². The van der Waals surface area contributed by atoms with Crippen LogP contribution < -0.4 is 5.43 Å². The molecule has 0 saturated carbocycles. The van der Waals surface area contributed by atoms with E-state index in [1.165, 1.54) is 12.3 Å². The number of hydrazine groups is 1. The fourth-order valence-electron chi connectivity index (χ4n) is 1.71. The van der Waals surface area contributed by atoms with Crippen molar-refractivity contribution in [2.24, 2.45) is 0 Å². The normalized spacial score (nSPS) is 17.7. The summed E-state index contributed by atoms with van der Waals surface area (Å²) in [5.74, 6) is -0.540. The van der Waals surface area contributed by atoms with Crippen LogP contribution in [0, 0.1) is 0 Å². The van der Waals surface area contributed by atoms with Crippen molar-refractivity contribution < 1.29 is 9.90 Å². The summed E-state index contributed by atoms with van der Waals surface area (Å²) in [6.07, 6.45) is 1.30. The smallest absolute Gasteiger partial charge is 0.337 e. The molecule has 0 unspecified atom stereocenters. The molecule has 7 heteroatoms. The molecule has 0 atom stereocenters. The average Bonchev–Trinajstić information content (AvgIpc) is 2.34. The standard InChI is InChI=1S/C11H15ClN4O2/c1-15-2-4-16(5-3-15)14-10-9(12)6-8(7-13-10)11(17)18/h6-7H,2-5H2,1H3,(H,13,14)(H,17,18). The van der Waals surface area contributed by atoms with E-state index in [0.29, 0.717) is 10.8 Å². The topological polar surface area (TPSA) is 68.7 Å². The van der Waals surface area contributed by atoms with Crippen molar-refractivity contribution in [3.8, 4) is 0 Å². The van der Waals surface area contributed by atoms with E-state index in [4.69, 9.17) is 16.7 Å². The molecule has 1 saturated heterocycles. The number of carboxylic acid groups (broad SMARTS) is 1. The van der Waals surface area contributed by atoms with Crippen LogP contribution in [0.5, 0.6) is 0 Å². The SMILES string of the molecule is CN1CCN(Nc2ncc(C(=O)O)cc2Cl)CC1. The Morgan fingerprint density at radius 3 is 2.67 bits per heavy atom. The van der Waals surface area contributed by atoms with Crippen molar-refractivity contribution in [3.05, 3.63) is 22.8 Å². The van der Waals surface area contributed by atoms with Gasteiger partial charge in [0.15, 0.2) is 5.82 Å². The zero-order valence-corrected chi connectivity index (χ0v) is 10.8. The largest absolute Gasteiger partial charge is 0.478 e. The summed E-state index contributed by atoms with van der Waals surface area (Å²) in [7, 11) is 2.07. The van der Waals surface area contributed by atoms with Crippen LogP contribution in [-0.4, -0.2) is 59.2 Å². The number of halogens is 1. The molecule has 1 aliphatic heterocycles. The van der Waals surface area contributed by atoms with Gasteiger partial charge in [-0.25, -0.2) is 14.8 Å². The van der Waals surface area contributed by atoms with Gasteiger partial charge in [-0.05, 0) is 13.1 Å². The van der Waals surface area contributed by atoms with E-state index in [-0.39, 0.29) is 5.56 Å². The fraction of sp³-hybridized carbons (Fsp3) is 0.455. The molecule has 1 aromatic heterocycles. The summed E-state index contributed by atoms with van der Waals surface area (Å²) in [4.78, 5) is 17.0. The summed E-state index contributed by atoms with van der Waals surface area (Å²) in [6, 6.07) is 1.40. The molecular formula is C11H15ClN4O2. The molecule has 2 heterocycles. The predicted molar refractivity (Wildman–Crippen MR) is 68.9 cm³/mol. The lowest BCUT2D eigenvalue weighted by molar-refractivity contribution is 0.0696. The average molecular weight is 271 g/mol. The van der Waals surface area contributed by atoms with Crippen LogP contribution in [0.4, 0.5) is 5.82 Å². The number of carbonyl (C=O) groups is 1. The van der Waals surface area contributed by atoms with Crippen molar-refractivity contribution in [3.63, 3.8) is 0 Å². The second-order valence-corrected chi connectivity index (χ2v) is 4.67. The molecule has 98 valence electrons. The highest BCUT2D eigenvalue weighted by atomic mass is 35.5. The van der Waals surface area contributed by atoms with Crippen molar-refractivity contribution in [2.75, 3.05) is 38.7 Å². The van der Waals surface area contributed by atoms with Crippen molar-refractivity contribution >= 4 is 23.4 Å². The van der Waals surface area contributed by atoms with E-state index in [1.807, 2.05) is 5.01 Å². The number of nitrogens with one attached hydrogen (secondary N) is 1. The van der Waals surface area contributed by atoms with Gasteiger partial charge in [-0.3, -0.25) is 0 Å². The second-order valence-electron chi connectivity index (χ2n) is 4.26. The lowest BCUT2D eigenvalue weighted by Crippen LogP contribution is -2.47. The maximum Gasteiger partial charge on any atom is 0.337 e. The maximum absolute atomic E-state index is 10.8. The van der Waals surface area contributed by atoms with Gasteiger partial charge >= 0.3 is 5.97 Å². The number of piperazine rings is 1. The molecule has 2 rings (SSSR count). The summed E-state index contributed by atoms with van der Waals surface area (Å²) in [5.41, 5.74) is 3.19. The van der Waals surface area contributed by atoms with Gasteiger partial charge in [0.2, 0.25) is 0 Å². The first-order valence-corrected chi connectivity index (χ1v) is 6.03. The Labute approximate surface area is 110 Å². The summed E-state index contributed by atoms with van der Waals surface area (Å²) >= 11 is 6.00. The molecule has 2 N–H and O–H groups in total. The molecule has 6 nitrogen and oxygen atoms in total. The molecule has 0 spiro atoms. The number of anilines is 1. The van der Waals surface area contributed by atoms with Gasteiger partial charge in [0.05, 0.1) is 10.6 Å². The lowest BCUT2D eigenvalue weighted by Gasteiger charge is -2.32. The maximum atomic E-state index is 10.8. The molecule has 0 amide bonds. The van der Waals surface area contributed by atoms with Gasteiger partial charge < -0.3 is 15.4 Å². The van der Waals surface area contributed by atoms with E-state index in [9.17, 15) is 4.79 Å². The van der Waals surface area contributed by atoms with Crippen LogP contribution in [0.15, 0.2) is 12.3 Å². The Morgan fingerprint density at radius 2 is 2.11 bits per heavy atom. The van der Waals surface area contributed by atoms with Crippen molar-refractivity contribution in [1.82, 2.24) is 14.9 Å². The number of aromatic nitrogens is 1. The third kappa shape index (κ3) is 3.10. The first kappa shape index (κ1) is 13.1. The Hall–Kier alpha value is -1.37. The molecule has 18 heavy (non-hydrogen) atoms. The first-order valence-electron chi connectivity index (χ1n) is 5.65. The number of rotatable bonds is 3. The number of aromatic carboxylic acids is 1. The monoisotopic (exact) mass is 270 g/mol. The molecule has 0 radical (unpaired) electrons. The van der Waals surface area contributed by atoms with Gasteiger partial charge in [0, 0.05) is 32.4 Å². The van der Waals surface area contributed by atoms with Gasteiger partial charge in [-0.15, -0.1) is 0 Å². The molecule has 0 aliphatic carbocycles. The second kappa shape index (κ2) is 5.51. The molecular weight excluding hydrogens is 256 g/mol. The number of nitrogens with zero attached hydrogens (tertiary/aromatic N) is 3. The van der Waals surface area contributed by atoms with Crippen LogP contribution in [0.3, 0.4) is 0 Å². The Balaban J connectivity index is 2.03. The van der Waals surface area contributed by atoms with Crippen LogP contribution in [0.2, 0.25) is 5.02 Å². The van der Waals surface area contributed by atoms with Gasteiger partial charge in [-0.2, -0.15) is 0 Å². The van der Waals surface area contributed by atoms with Crippen LogP contribution in [-0.2, 0) is 0 Å². The van der Waals surface area contributed by atoms with Crippen LogP contribution in [0.25, 0.3) is 0 Å². The zero-order chi connectivity index (χ0) is 13.1.